The minimum Gasteiger partial charge on any atom is -0.311 e. The van der Waals surface area contributed by atoms with Crippen molar-refractivity contribution in [2.75, 3.05) is 13.2 Å². The molecule has 146 valence electrons. The third-order valence-electron chi connectivity index (χ3n) is 4.48. The fourth-order valence-corrected chi connectivity index (χ4v) is 3.60. The van der Waals surface area contributed by atoms with Crippen LogP contribution in [0.1, 0.15) is 118 Å². The van der Waals surface area contributed by atoms with Crippen LogP contribution < -0.4 is 0 Å². The largest absolute Gasteiger partial charge is 1.00 e. The van der Waals surface area contributed by atoms with Crippen molar-refractivity contribution in [1.29, 1.82) is 0 Å². The Labute approximate surface area is 153 Å². The molecule has 4 heteroatoms. The first-order valence-corrected chi connectivity index (χ1v) is 11.8. The van der Waals surface area contributed by atoms with Gasteiger partial charge in [0.2, 0.25) is 0 Å². The normalized spacial score (nSPS) is 12.6. The van der Waals surface area contributed by atoms with Crippen LogP contribution >= 0.6 is 8.25 Å². The van der Waals surface area contributed by atoms with Gasteiger partial charge in [-0.05, 0) is 13.3 Å². The fourth-order valence-electron chi connectivity index (χ4n) is 2.97. The van der Waals surface area contributed by atoms with Gasteiger partial charge >= 0.3 is 9.68 Å². The van der Waals surface area contributed by atoms with E-state index in [9.17, 15) is 4.57 Å². The lowest BCUT2D eigenvalue weighted by Gasteiger charge is -2.04. The van der Waals surface area contributed by atoms with Gasteiger partial charge in [-0.3, -0.25) is 4.57 Å². The van der Waals surface area contributed by atoms with Crippen LogP contribution in [0, 0.1) is 0 Å². The minimum absolute atomic E-state index is 0. The molecular formula is C20H44O3P+. The second-order valence-corrected chi connectivity index (χ2v) is 7.91. The zero-order valence-electron chi connectivity index (χ0n) is 17.5. The summed E-state index contributed by atoms with van der Waals surface area (Å²) in [4.78, 5) is 0. The van der Waals surface area contributed by atoms with Crippen LogP contribution in [0.3, 0.4) is 0 Å². The molecular weight excluding hydrogens is 319 g/mol. The molecule has 0 amide bonds. The number of unbranched alkanes of at least 4 members (excludes halogenated alkanes) is 15. The predicted octanol–water partition coefficient (Wildman–Crippen LogP) is 7.80. The van der Waals surface area contributed by atoms with E-state index in [1.807, 2.05) is 6.92 Å². The second-order valence-electron chi connectivity index (χ2n) is 6.83. The van der Waals surface area contributed by atoms with E-state index in [-0.39, 0.29) is 1.43 Å². The topological polar surface area (TPSA) is 35.5 Å². The average Bonchev–Trinajstić information content (AvgIpc) is 2.58. The van der Waals surface area contributed by atoms with Gasteiger partial charge in [0.1, 0.15) is 0 Å². The lowest BCUT2D eigenvalue weighted by Crippen LogP contribution is -1.89. The summed E-state index contributed by atoms with van der Waals surface area (Å²) in [5.74, 6) is 0. The smallest absolute Gasteiger partial charge is 0.311 e. The maximum atomic E-state index is 11.1. The van der Waals surface area contributed by atoms with Crippen molar-refractivity contribution in [3.05, 3.63) is 0 Å². The van der Waals surface area contributed by atoms with Crippen molar-refractivity contribution in [2.24, 2.45) is 0 Å². The molecule has 0 aromatic carbocycles. The van der Waals surface area contributed by atoms with Gasteiger partial charge in [0.05, 0.1) is 13.2 Å². The minimum atomic E-state index is -2.21. The molecule has 0 fully saturated rings. The molecule has 24 heavy (non-hydrogen) atoms. The highest BCUT2D eigenvalue weighted by atomic mass is 31.1. The second kappa shape index (κ2) is 21.2. The van der Waals surface area contributed by atoms with Gasteiger partial charge in [-0.25, -0.2) is 0 Å². The van der Waals surface area contributed by atoms with Gasteiger partial charge in [-0.15, -0.1) is 0 Å². The quantitative estimate of drug-likeness (QED) is 0.163. The number of rotatable bonds is 20. The first kappa shape index (κ1) is 24.1. The molecule has 1 unspecified atom stereocenters. The van der Waals surface area contributed by atoms with E-state index in [0.29, 0.717) is 13.2 Å². The van der Waals surface area contributed by atoms with Gasteiger partial charge in [0.15, 0.2) is 0 Å². The molecule has 0 aromatic heterocycles. The molecule has 0 aliphatic rings. The third kappa shape index (κ3) is 20.2. The highest BCUT2D eigenvalue weighted by Crippen LogP contribution is 2.23. The molecule has 0 saturated heterocycles. The summed E-state index contributed by atoms with van der Waals surface area (Å²) in [7, 11) is -2.21. The molecule has 0 aliphatic heterocycles. The van der Waals surface area contributed by atoms with Gasteiger partial charge in [0, 0.05) is 0 Å². The van der Waals surface area contributed by atoms with Crippen molar-refractivity contribution in [3.63, 3.8) is 0 Å². The van der Waals surface area contributed by atoms with Crippen molar-refractivity contribution >= 4 is 8.25 Å². The first-order valence-electron chi connectivity index (χ1n) is 10.6. The standard InChI is InChI=1S/C20H43O3P/c1-3-5-6-7-8-9-10-11-12-13-14-15-16-17-18-19-20-23-24(21)22-4-2/h24H,3-20H2,1-2H3/p+1. The Morgan fingerprint density at radius 1 is 0.583 bits per heavy atom. The monoisotopic (exact) mass is 363 g/mol. The summed E-state index contributed by atoms with van der Waals surface area (Å²) in [6.45, 7) is 5.16. The summed E-state index contributed by atoms with van der Waals surface area (Å²) < 4.78 is 21.2. The van der Waals surface area contributed by atoms with E-state index in [1.165, 1.54) is 96.3 Å². The Hall–Kier alpha value is 0.150. The Balaban J connectivity index is 0. The molecule has 3 nitrogen and oxygen atoms in total. The van der Waals surface area contributed by atoms with Gasteiger partial charge in [-0.2, -0.15) is 0 Å². The first-order chi connectivity index (χ1) is 11.8. The maximum absolute atomic E-state index is 11.1. The van der Waals surface area contributed by atoms with Gasteiger partial charge in [0.25, 0.3) is 0 Å². The molecule has 0 spiro atoms. The molecule has 0 saturated carbocycles. The lowest BCUT2D eigenvalue weighted by molar-refractivity contribution is 0.229. The Bertz CT molecular complexity index is 265. The molecule has 0 heterocycles. The SMILES string of the molecule is CCCCCCCCCCCCCCCCCCO[PH](=O)OCC.[H+]. The molecule has 0 aromatic rings. The molecule has 0 bridgehead atoms. The summed E-state index contributed by atoms with van der Waals surface area (Å²) in [6, 6.07) is 0. The van der Waals surface area contributed by atoms with E-state index >= 15 is 0 Å². The third-order valence-corrected chi connectivity index (χ3v) is 5.44. The van der Waals surface area contributed by atoms with Gasteiger partial charge < -0.3 is 9.05 Å². The zero-order valence-corrected chi connectivity index (χ0v) is 17.5. The molecule has 0 radical (unpaired) electrons. The molecule has 0 aliphatic carbocycles. The molecule has 0 N–H and O–H groups in total. The van der Waals surface area contributed by atoms with Gasteiger partial charge in [-0.1, -0.05) is 103 Å². The van der Waals surface area contributed by atoms with E-state index in [2.05, 4.69) is 6.92 Å². The fraction of sp³-hybridized carbons (Fsp3) is 1.00. The lowest BCUT2D eigenvalue weighted by atomic mass is 10.0. The van der Waals surface area contributed by atoms with Crippen molar-refractivity contribution in [3.8, 4) is 0 Å². The van der Waals surface area contributed by atoms with Crippen molar-refractivity contribution in [2.45, 2.75) is 117 Å². The van der Waals surface area contributed by atoms with Crippen LogP contribution in [0.4, 0.5) is 0 Å². The number of hydrogen-bond acceptors (Lipinski definition) is 3. The van der Waals surface area contributed by atoms with E-state index in [4.69, 9.17) is 9.05 Å². The maximum Gasteiger partial charge on any atom is 1.00 e. The Kier molecular flexibility index (Phi) is 21.3. The van der Waals surface area contributed by atoms with Crippen LogP contribution in [-0.4, -0.2) is 13.2 Å². The Morgan fingerprint density at radius 2 is 0.958 bits per heavy atom. The van der Waals surface area contributed by atoms with Crippen LogP contribution in [0.25, 0.3) is 0 Å². The van der Waals surface area contributed by atoms with E-state index in [0.717, 1.165) is 6.42 Å². The van der Waals surface area contributed by atoms with Crippen LogP contribution in [-0.2, 0) is 13.6 Å². The Morgan fingerprint density at radius 3 is 1.33 bits per heavy atom. The van der Waals surface area contributed by atoms with E-state index in [1.54, 1.807) is 0 Å². The molecule has 0 rings (SSSR count). The van der Waals surface area contributed by atoms with Crippen LogP contribution in [0.15, 0.2) is 0 Å². The zero-order chi connectivity index (χ0) is 17.7. The van der Waals surface area contributed by atoms with Crippen LogP contribution in [0.2, 0.25) is 0 Å². The van der Waals surface area contributed by atoms with Crippen LogP contribution in [0.5, 0.6) is 0 Å². The summed E-state index contributed by atoms with van der Waals surface area (Å²) in [5, 5.41) is 0. The van der Waals surface area contributed by atoms with Crippen molar-refractivity contribution < 1.29 is 15.0 Å². The summed E-state index contributed by atoms with van der Waals surface area (Å²) >= 11 is 0. The van der Waals surface area contributed by atoms with Crippen molar-refractivity contribution in [1.82, 2.24) is 0 Å². The number of hydrogen-bond donors (Lipinski definition) is 0. The summed E-state index contributed by atoms with van der Waals surface area (Å²) in [6.07, 6.45) is 21.8. The average molecular weight is 364 g/mol. The van der Waals surface area contributed by atoms with E-state index < -0.39 is 8.25 Å². The highest BCUT2D eigenvalue weighted by Gasteiger charge is 1.98. The summed E-state index contributed by atoms with van der Waals surface area (Å²) in [5.41, 5.74) is 0. The highest BCUT2D eigenvalue weighted by molar-refractivity contribution is 7.33. The predicted molar refractivity (Wildman–Crippen MR) is 107 cm³/mol. The molecule has 1 atom stereocenters.